The van der Waals surface area contributed by atoms with Crippen molar-refractivity contribution in [1.82, 2.24) is 5.32 Å². The molecule has 1 aromatic carbocycles. The SMILES string of the molecule is C/C=C/C(=O)O[C@@H]1CCCC[C@H]1Cc1ccc(OCCNC(=O)OCC)cc1. The molecule has 6 nitrogen and oxygen atoms in total. The first-order chi connectivity index (χ1) is 13.6. The van der Waals surface area contributed by atoms with E-state index in [0.29, 0.717) is 25.7 Å². The molecule has 2 rings (SSSR count). The van der Waals surface area contributed by atoms with Crippen molar-refractivity contribution in [3.05, 3.63) is 42.0 Å². The first-order valence-electron chi connectivity index (χ1n) is 10.1. The molecule has 2 atom stereocenters. The second-order valence-corrected chi connectivity index (χ2v) is 6.86. The Bertz CT molecular complexity index is 641. The van der Waals surface area contributed by atoms with Gasteiger partial charge in [0, 0.05) is 6.08 Å². The molecule has 0 bridgehead atoms. The van der Waals surface area contributed by atoms with E-state index in [2.05, 4.69) is 5.32 Å². The van der Waals surface area contributed by atoms with Crippen molar-refractivity contribution in [3.8, 4) is 5.75 Å². The van der Waals surface area contributed by atoms with Gasteiger partial charge in [0.15, 0.2) is 0 Å². The molecule has 1 N–H and O–H groups in total. The fourth-order valence-corrected chi connectivity index (χ4v) is 3.42. The van der Waals surface area contributed by atoms with E-state index in [1.165, 1.54) is 18.1 Å². The molecule has 1 fully saturated rings. The average molecular weight is 389 g/mol. The highest BCUT2D eigenvalue weighted by atomic mass is 16.5. The number of hydrogen-bond acceptors (Lipinski definition) is 5. The normalized spacial score (nSPS) is 19.2. The molecule has 1 aliphatic carbocycles. The van der Waals surface area contributed by atoms with E-state index in [-0.39, 0.29) is 12.1 Å². The monoisotopic (exact) mass is 389 g/mol. The lowest BCUT2D eigenvalue weighted by Gasteiger charge is -2.31. The summed E-state index contributed by atoms with van der Waals surface area (Å²) < 4.78 is 16.1. The van der Waals surface area contributed by atoms with Crippen LogP contribution in [0.5, 0.6) is 5.75 Å². The van der Waals surface area contributed by atoms with Crippen LogP contribution in [0.3, 0.4) is 0 Å². The second kappa shape index (κ2) is 12.1. The average Bonchev–Trinajstić information content (AvgIpc) is 2.68. The van der Waals surface area contributed by atoms with Gasteiger partial charge >= 0.3 is 12.1 Å². The van der Waals surface area contributed by atoms with Gasteiger partial charge in [-0.1, -0.05) is 24.6 Å². The van der Waals surface area contributed by atoms with E-state index in [0.717, 1.165) is 31.4 Å². The number of esters is 1. The summed E-state index contributed by atoms with van der Waals surface area (Å²) in [5, 5.41) is 2.62. The van der Waals surface area contributed by atoms with E-state index in [4.69, 9.17) is 14.2 Å². The minimum absolute atomic E-state index is 0.0117. The minimum Gasteiger partial charge on any atom is -0.492 e. The van der Waals surface area contributed by atoms with Gasteiger partial charge in [-0.15, -0.1) is 0 Å². The van der Waals surface area contributed by atoms with Crippen molar-refractivity contribution < 1.29 is 23.8 Å². The molecule has 1 amide bonds. The highest BCUT2D eigenvalue weighted by molar-refractivity contribution is 5.81. The highest BCUT2D eigenvalue weighted by Gasteiger charge is 2.27. The number of carbonyl (C=O) groups is 2. The van der Waals surface area contributed by atoms with Crippen LogP contribution in [0.1, 0.15) is 45.1 Å². The lowest BCUT2D eigenvalue weighted by atomic mass is 9.82. The quantitative estimate of drug-likeness (QED) is 0.392. The zero-order valence-corrected chi connectivity index (χ0v) is 16.8. The Labute approximate surface area is 167 Å². The van der Waals surface area contributed by atoms with Gasteiger partial charge in [0.2, 0.25) is 0 Å². The van der Waals surface area contributed by atoms with Crippen LogP contribution in [0, 0.1) is 5.92 Å². The zero-order valence-electron chi connectivity index (χ0n) is 16.8. The van der Waals surface area contributed by atoms with Gasteiger partial charge < -0.3 is 19.5 Å². The van der Waals surface area contributed by atoms with Gasteiger partial charge in [-0.05, 0) is 63.1 Å². The molecule has 0 radical (unpaired) electrons. The Kier molecular flexibility index (Phi) is 9.39. The van der Waals surface area contributed by atoms with Gasteiger partial charge in [-0.3, -0.25) is 0 Å². The van der Waals surface area contributed by atoms with E-state index in [9.17, 15) is 9.59 Å². The number of rotatable bonds is 9. The molecule has 0 unspecified atom stereocenters. The summed E-state index contributed by atoms with van der Waals surface area (Å²) in [6, 6.07) is 7.97. The van der Waals surface area contributed by atoms with Gasteiger partial charge in [0.1, 0.15) is 18.5 Å². The highest BCUT2D eigenvalue weighted by Crippen LogP contribution is 2.30. The lowest BCUT2D eigenvalue weighted by Crippen LogP contribution is -2.31. The Hall–Kier alpha value is -2.50. The van der Waals surface area contributed by atoms with Crippen molar-refractivity contribution in [3.63, 3.8) is 0 Å². The fraction of sp³-hybridized carbons (Fsp3) is 0.545. The van der Waals surface area contributed by atoms with Gasteiger partial charge in [-0.2, -0.15) is 0 Å². The van der Waals surface area contributed by atoms with Crippen LogP contribution in [0.25, 0.3) is 0 Å². The molecule has 6 heteroatoms. The molecule has 0 saturated heterocycles. The van der Waals surface area contributed by atoms with Crippen molar-refractivity contribution >= 4 is 12.1 Å². The van der Waals surface area contributed by atoms with E-state index >= 15 is 0 Å². The molecular weight excluding hydrogens is 358 g/mol. The Balaban J connectivity index is 1.80. The summed E-state index contributed by atoms with van der Waals surface area (Å²) in [5.74, 6) is 0.859. The van der Waals surface area contributed by atoms with Crippen LogP contribution in [-0.2, 0) is 20.7 Å². The van der Waals surface area contributed by atoms with Gasteiger partial charge in [0.05, 0.1) is 13.2 Å². The molecule has 154 valence electrons. The van der Waals surface area contributed by atoms with Crippen LogP contribution in [-0.4, -0.2) is 37.9 Å². The maximum absolute atomic E-state index is 11.8. The molecule has 1 aromatic rings. The third-order valence-corrected chi connectivity index (χ3v) is 4.75. The topological polar surface area (TPSA) is 73.9 Å². The number of allylic oxidation sites excluding steroid dienone is 1. The number of hydrogen-bond donors (Lipinski definition) is 1. The number of ether oxygens (including phenoxy) is 3. The maximum Gasteiger partial charge on any atom is 0.407 e. The zero-order chi connectivity index (χ0) is 20.2. The Morgan fingerprint density at radius 2 is 1.93 bits per heavy atom. The lowest BCUT2D eigenvalue weighted by molar-refractivity contribution is -0.147. The number of amides is 1. The van der Waals surface area contributed by atoms with Crippen molar-refractivity contribution in [1.29, 1.82) is 0 Å². The number of nitrogens with one attached hydrogen (secondary N) is 1. The maximum atomic E-state index is 11.8. The number of carbonyl (C=O) groups excluding carboxylic acids is 2. The molecule has 0 spiro atoms. The van der Waals surface area contributed by atoms with Crippen molar-refractivity contribution in [2.24, 2.45) is 5.92 Å². The van der Waals surface area contributed by atoms with Crippen LogP contribution >= 0.6 is 0 Å². The predicted molar refractivity (Wildman–Crippen MR) is 107 cm³/mol. The van der Waals surface area contributed by atoms with Crippen LogP contribution in [0.2, 0.25) is 0 Å². The molecule has 1 aliphatic rings. The Morgan fingerprint density at radius 1 is 1.18 bits per heavy atom. The minimum atomic E-state index is -0.432. The largest absolute Gasteiger partial charge is 0.492 e. The molecule has 0 aromatic heterocycles. The first-order valence-corrected chi connectivity index (χ1v) is 10.1. The summed E-state index contributed by atoms with van der Waals surface area (Å²) in [6.07, 6.45) is 7.93. The fourth-order valence-electron chi connectivity index (χ4n) is 3.42. The molecule has 28 heavy (non-hydrogen) atoms. The summed E-state index contributed by atoms with van der Waals surface area (Å²) in [7, 11) is 0. The molecule has 0 heterocycles. The standard InChI is InChI=1S/C22H31NO5/c1-3-7-21(24)28-20-9-6-5-8-18(20)16-17-10-12-19(13-11-17)27-15-14-23-22(25)26-4-2/h3,7,10-13,18,20H,4-6,8-9,14-16H2,1-2H3,(H,23,25)/b7-3+/t18-,20+/m0/s1. The van der Waals surface area contributed by atoms with E-state index in [1.807, 2.05) is 31.2 Å². The van der Waals surface area contributed by atoms with Crippen LogP contribution < -0.4 is 10.1 Å². The van der Waals surface area contributed by atoms with E-state index in [1.54, 1.807) is 13.0 Å². The van der Waals surface area contributed by atoms with Crippen LogP contribution in [0.15, 0.2) is 36.4 Å². The first kappa shape index (κ1) is 21.8. The Morgan fingerprint density at radius 3 is 2.64 bits per heavy atom. The smallest absolute Gasteiger partial charge is 0.407 e. The van der Waals surface area contributed by atoms with Crippen LogP contribution in [0.4, 0.5) is 4.79 Å². The predicted octanol–water partition coefficient (Wildman–Crippen LogP) is 4.03. The number of alkyl carbamates (subject to hydrolysis) is 1. The number of benzene rings is 1. The summed E-state index contributed by atoms with van der Waals surface area (Å²) in [5.41, 5.74) is 1.20. The molecular formula is C22H31NO5. The summed E-state index contributed by atoms with van der Waals surface area (Å²) >= 11 is 0. The molecule has 0 aliphatic heterocycles. The van der Waals surface area contributed by atoms with E-state index < -0.39 is 6.09 Å². The summed E-state index contributed by atoms with van der Waals surface area (Å²) in [4.78, 5) is 23.0. The van der Waals surface area contributed by atoms with Crippen molar-refractivity contribution in [2.75, 3.05) is 19.8 Å². The van der Waals surface area contributed by atoms with Crippen molar-refractivity contribution in [2.45, 2.75) is 52.1 Å². The molecule has 1 saturated carbocycles. The van der Waals surface area contributed by atoms with Gasteiger partial charge in [-0.25, -0.2) is 9.59 Å². The third-order valence-electron chi connectivity index (χ3n) is 4.75. The summed E-state index contributed by atoms with van der Waals surface area (Å²) in [6.45, 7) is 4.70. The van der Waals surface area contributed by atoms with Gasteiger partial charge in [0.25, 0.3) is 0 Å². The third kappa shape index (κ3) is 7.62. The second-order valence-electron chi connectivity index (χ2n) is 6.86.